The Bertz CT molecular complexity index is 311. The molecule has 17 heavy (non-hydrogen) atoms. The summed E-state index contributed by atoms with van der Waals surface area (Å²) in [5.41, 5.74) is 0.106. The molecule has 2 atom stereocenters. The highest BCUT2D eigenvalue weighted by molar-refractivity contribution is 5.21. The average Bonchev–Trinajstić information content (AvgIpc) is 2.35. The van der Waals surface area contributed by atoms with Gasteiger partial charge in [0.25, 0.3) is 0 Å². The Balaban J connectivity index is 2.45. The Morgan fingerprint density at radius 2 is 2.00 bits per heavy atom. The highest BCUT2D eigenvalue weighted by atomic mass is 16.5. The number of nitrogens with one attached hydrogen (secondary N) is 1. The standard InChI is InChI=1S/C14H23NO2/c1-12(9-10-17-3)15-11-14(2,16)13-7-5-4-6-8-13/h4-8,12,15-16H,9-11H2,1-3H3. The smallest absolute Gasteiger partial charge is 0.0992 e. The van der Waals surface area contributed by atoms with Crippen molar-refractivity contribution in [2.75, 3.05) is 20.3 Å². The molecule has 0 bridgehead atoms. The maximum atomic E-state index is 10.4. The second kappa shape index (κ2) is 6.74. The molecule has 96 valence electrons. The minimum Gasteiger partial charge on any atom is -0.385 e. The number of methoxy groups -OCH3 is 1. The van der Waals surface area contributed by atoms with Crippen molar-refractivity contribution in [3.8, 4) is 0 Å². The molecular weight excluding hydrogens is 214 g/mol. The summed E-state index contributed by atoms with van der Waals surface area (Å²) in [5, 5.41) is 13.7. The van der Waals surface area contributed by atoms with E-state index >= 15 is 0 Å². The van der Waals surface area contributed by atoms with Crippen LogP contribution in [0, 0.1) is 0 Å². The van der Waals surface area contributed by atoms with Crippen LogP contribution < -0.4 is 5.32 Å². The molecule has 0 aliphatic rings. The first-order valence-corrected chi connectivity index (χ1v) is 6.06. The first-order chi connectivity index (χ1) is 8.06. The number of hydrogen-bond acceptors (Lipinski definition) is 3. The molecule has 1 rings (SSSR count). The fraction of sp³-hybridized carbons (Fsp3) is 0.571. The van der Waals surface area contributed by atoms with Crippen LogP contribution in [0.2, 0.25) is 0 Å². The van der Waals surface area contributed by atoms with Gasteiger partial charge in [0.1, 0.15) is 0 Å². The summed E-state index contributed by atoms with van der Waals surface area (Å²) in [7, 11) is 1.70. The molecule has 1 aromatic carbocycles. The molecule has 0 aromatic heterocycles. The van der Waals surface area contributed by atoms with Crippen LogP contribution >= 0.6 is 0 Å². The summed E-state index contributed by atoms with van der Waals surface area (Å²) in [5.74, 6) is 0. The third-order valence-corrected chi connectivity index (χ3v) is 2.95. The van der Waals surface area contributed by atoms with Gasteiger partial charge in [0, 0.05) is 26.3 Å². The van der Waals surface area contributed by atoms with Crippen LogP contribution in [0.3, 0.4) is 0 Å². The molecule has 3 nitrogen and oxygen atoms in total. The Labute approximate surface area is 104 Å². The molecule has 1 aromatic rings. The summed E-state index contributed by atoms with van der Waals surface area (Å²) in [6.07, 6.45) is 0.946. The number of aliphatic hydroxyl groups is 1. The van der Waals surface area contributed by atoms with Crippen LogP contribution in [0.5, 0.6) is 0 Å². The monoisotopic (exact) mass is 237 g/mol. The molecule has 0 aliphatic carbocycles. The van der Waals surface area contributed by atoms with Crippen molar-refractivity contribution in [1.82, 2.24) is 5.32 Å². The van der Waals surface area contributed by atoms with Crippen LogP contribution in [-0.4, -0.2) is 31.4 Å². The summed E-state index contributed by atoms with van der Waals surface area (Å²) in [6, 6.07) is 10.1. The lowest BCUT2D eigenvalue weighted by molar-refractivity contribution is 0.0529. The molecule has 0 aliphatic heterocycles. The van der Waals surface area contributed by atoms with Crippen LogP contribution in [0.25, 0.3) is 0 Å². The summed E-state index contributed by atoms with van der Waals surface area (Å²) in [4.78, 5) is 0. The van der Waals surface area contributed by atoms with Crippen LogP contribution in [0.1, 0.15) is 25.8 Å². The Hall–Kier alpha value is -0.900. The summed E-state index contributed by atoms with van der Waals surface area (Å²) < 4.78 is 5.03. The third kappa shape index (κ3) is 4.86. The number of benzene rings is 1. The van der Waals surface area contributed by atoms with Crippen LogP contribution in [0.4, 0.5) is 0 Å². The maximum absolute atomic E-state index is 10.4. The zero-order chi connectivity index (χ0) is 12.7. The van der Waals surface area contributed by atoms with E-state index in [9.17, 15) is 5.11 Å². The minimum atomic E-state index is -0.831. The van der Waals surface area contributed by atoms with Gasteiger partial charge in [0.05, 0.1) is 5.60 Å². The fourth-order valence-electron chi connectivity index (χ4n) is 1.67. The lowest BCUT2D eigenvalue weighted by Gasteiger charge is -2.26. The number of ether oxygens (including phenoxy) is 1. The first kappa shape index (κ1) is 14.2. The molecular formula is C14H23NO2. The molecule has 2 N–H and O–H groups in total. The molecule has 3 heteroatoms. The van der Waals surface area contributed by atoms with Crippen molar-refractivity contribution in [1.29, 1.82) is 0 Å². The van der Waals surface area contributed by atoms with Gasteiger partial charge in [-0.1, -0.05) is 30.3 Å². The zero-order valence-corrected chi connectivity index (χ0v) is 10.9. The number of hydrogen-bond donors (Lipinski definition) is 2. The quantitative estimate of drug-likeness (QED) is 0.761. The van der Waals surface area contributed by atoms with Crippen molar-refractivity contribution < 1.29 is 9.84 Å². The molecule has 0 fully saturated rings. The van der Waals surface area contributed by atoms with Crippen molar-refractivity contribution in [3.63, 3.8) is 0 Å². The van der Waals surface area contributed by atoms with E-state index in [2.05, 4.69) is 12.2 Å². The molecule has 0 heterocycles. The lowest BCUT2D eigenvalue weighted by Crippen LogP contribution is -2.40. The molecule has 0 radical (unpaired) electrons. The predicted molar refractivity (Wildman–Crippen MR) is 70.0 cm³/mol. The largest absolute Gasteiger partial charge is 0.385 e. The van der Waals surface area contributed by atoms with E-state index in [0.717, 1.165) is 18.6 Å². The van der Waals surface area contributed by atoms with Gasteiger partial charge in [-0.15, -0.1) is 0 Å². The molecule has 0 saturated heterocycles. The zero-order valence-electron chi connectivity index (χ0n) is 10.9. The minimum absolute atomic E-state index is 0.338. The van der Waals surface area contributed by atoms with E-state index in [-0.39, 0.29) is 0 Å². The van der Waals surface area contributed by atoms with Crippen molar-refractivity contribution >= 4 is 0 Å². The van der Waals surface area contributed by atoms with Crippen molar-refractivity contribution in [2.24, 2.45) is 0 Å². The van der Waals surface area contributed by atoms with E-state index < -0.39 is 5.60 Å². The van der Waals surface area contributed by atoms with Gasteiger partial charge in [-0.25, -0.2) is 0 Å². The molecule has 0 amide bonds. The molecule has 0 spiro atoms. The van der Waals surface area contributed by atoms with Crippen LogP contribution in [0.15, 0.2) is 30.3 Å². The van der Waals surface area contributed by atoms with Crippen molar-refractivity contribution in [2.45, 2.75) is 31.9 Å². The van der Waals surface area contributed by atoms with E-state index in [4.69, 9.17) is 4.74 Å². The predicted octanol–water partition coefficient (Wildman–Crippen LogP) is 1.91. The summed E-state index contributed by atoms with van der Waals surface area (Å²) in [6.45, 7) is 5.21. The molecule has 0 saturated carbocycles. The second-order valence-corrected chi connectivity index (χ2v) is 4.70. The van der Waals surface area contributed by atoms with Gasteiger partial charge in [-0.05, 0) is 25.8 Å². The highest BCUT2D eigenvalue weighted by Crippen LogP contribution is 2.19. The first-order valence-electron chi connectivity index (χ1n) is 6.06. The average molecular weight is 237 g/mol. The van der Waals surface area contributed by atoms with E-state index in [1.54, 1.807) is 7.11 Å². The molecule has 2 unspecified atom stereocenters. The second-order valence-electron chi connectivity index (χ2n) is 4.70. The van der Waals surface area contributed by atoms with Gasteiger partial charge < -0.3 is 15.2 Å². The van der Waals surface area contributed by atoms with Crippen LogP contribution in [-0.2, 0) is 10.3 Å². The van der Waals surface area contributed by atoms with Gasteiger partial charge >= 0.3 is 0 Å². The Morgan fingerprint density at radius 3 is 2.59 bits per heavy atom. The SMILES string of the molecule is COCCC(C)NCC(C)(O)c1ccccc1. The Morgan fingerprint density at radius 1 is 1.35 bits per heavy atom. The topological polar surface area (TPSA) is 41.5 Å². The van der Waals surface area contributed by atoms with E-state index in [1.165, 1.54) is 0 Å². The van der Waals surface area contributed by atoms with Gasteiger partial charge in [-0.3, -0.25) is 0 Å². The number of rotatable bonds is 7. The maximum Gasteiger partial charge on any atom is 0.0992 e. The lowest BCUT2D eigenvalue weighted by atomic mass is 9.96. The summed E-state index contributed by atoms with van der Waals surface area (Å²) >= 11 is 0. The van der Waals surface area contributed by atoms with E-state index in [1.807, 2.05) is 37.3 Å². The third-order valence-electron chi connectivity index (χ3n) is 2.95. The van der Waals surface area contributed by atoms with Crippen molar-refractivity contribution in [3.05, 3.63) is 35.9 Å². The van der Waals surface area contributed by atoms with Gasteiger partial charge in [0.2, 0.25) is 0 Å². The van der Waals surface area contributed by atoms with Gasteiger partial charge in [-0.2, -0.15) is 0 Å². The normalized spacial score (nSPS) is 16.5. The van der Waals surface area contributed by atoms with Gasteiger partial charge in [0.15, 0.2) is 0 Å². The van der Waals surface area contributed by atoms with E-state index in [0.29, 0.717) is 12.6 Å². The fourth-order valence-corrected chi connectivity index (χ4v) is 1.67. The highest BCUT2D eigenvalue weighted by Gasteiger charge is 2.22. The Kier molecular flexibility index (Phi) is 5.62.